The Balaban J connectivity index is 1.57. The lowest BCUT2D eigenvalue weighted by molar-refractivity contribution is 0.669. The second kappa shape index (κ2) is 9.22. The fourth-order valence-corrected chi connectivity index (χ4v) is 6.56. The molecule has 0 radical (unpaired) electrons. The topological polar surface area (TPSA) is 13.1 Å². The zero-order valence-corrected chi connectivity index (χ0v) is 23.2. The summed E-state index contributed by atoms with van der Waals surface area (Å²) >= 11 is 3.69. The summed E-state index contributed by atoms with van der Waals surface area (Å²) < 4.78 is 7.38. The van der Waals surface area contributed by atoms with E-state index in [2.05, 4.69) is 143 Å². The van der Waals surface area contributed by atoms with E-state index in [1.54, 1.807) is 0 Å². The van der Waals surface area contributed by atoms with Gasteiger partial charge < -0.3 is 4.42 Å². The van der Waals surface area contributed by atoms with Crippen molar-refractivity contribution in [3.05, 3.63) is 144 Å². The molecule has 0 spiro atoms. The van der Waals surface area contributed by atoms with Gasteiger partial charge in [-0.2, -0.15) is 0 Å². The van der Waals surface area contributed by atoms with Crippen molar-refractivity contribution in [1.29, 1.82) is 0 Å². The quantitative estimate of drug-likeness (QED) is 0.191. The Labute approximate surface area is 240 Å². The van der Waals surface area contributed by atoms with Gasteiger partial charge in [0.1, 0.15) is 11.2 Å². The first-order chi connectivity index (χ1) is 19.8. The van der Waals surface area contributed by atoms with Crippen LogP contribution in [0.5, 0.6) is 0 Å². The molecule has 0 bridgehead atoms. The fourth-order valence-electron chi connectivity index (χ4n) is 6.20. The summed E-state index contributed by atoms with van der Waals surface area (Å²) in [4.78, 5) is 0. The van der Waals surface area contributed by atoms with E-state index in [9.17, 15) is 0 Å². The van der Waals surface area contributed by atoms with E-state index in [1.165, 1.54) is 54.9 Å². The summed E-state index contributed by atoms with van der Waals surface area (Å²) in [7, 11) is 0. The molecule has 8 rings (SSSR count). The zero-order chi connectivity index (χ0) is 26.6. The maximum Gasteiger partial charge on any atom is 0.136 e. The van der Waals surface area contributed by atoms with Crippen LogP contribution >= 0.6 is 15.9 Å². The largest absolute Gasteiger partial charge is 0.456 e. The van der Waals surface area contributed by atoms with Crippen LogP contribution in [0.2, 0.25) is 0 Å². The van der Waals surface area contributed by atoms with E-state index < -0.39 is 0 Å². The molecule has 2 heteroatoms. The molecule has 1 nitrogen and oxygen atoms in total. The molecule has 40 heavy (non-hydrogen) atoms. The highest BCUT2D eigenvalue weighted by atomic mass is 79.9. The second-order valence-corrected chi connectivity index (χ2v) is 11.1. The van der Waals surface area contributed by atoms with Gasteiger partial charge in [0, 0.05) is 15.2 Å². The molecule has 0 atom stereocenters. The average molecular weight is 576 g/mol. The monoisotopic (exact) mass is 574 g/mol. The Morgan fingerprint density at radius 1 is 0.400 bits per heavy atom. The van der Waals surface area contributed by atoms with Crippen LogP contribution < -0.4 is 0 Å². The van der Waals surface area contributed by atoms with Crippen molar-refractivity contribution in [3.63, 3.8) is 0 Å². The summed E-state index contributed by atoms with van der Waals surface area (Å²) in [5.41, 5.74) is 9.12. The molecular weight excluding hydrogens is 552 g/mol. The van der Waals surface area contributed by atoms with Crippen molar-refractivity contribution in [1.82, 2.24) is 0 Å². The van der Waals surface area contributed by atoms with Crippen molar-refractivity contribution >= 4 is 59.4 Å². The minimum Gasteiger partial charge on any atom is -0.456 e. The minimum absolute atomic E-state index is 0.895. The SMILES string of the molecule is Brc1ccc2oc3cccc(-c4c5ccccc5c(-c5ccccc5)c5cc(-c6ccccc6)ccc45)c3c2c1. The van der Waals surface area contributed by atoms with E-state index in [0.29, 0.717) is 0 Å². The molecule has 0 saturated carbocycles. The molecule has 0 amide bonds. The first-order valence-corrected chi connectivity index (χ1v) is 14.3. The Morgan fingerprint density at radius 3 is 1.85 bits per heavy atom. The van der Waals surface area contributed by atoms with Crippen LogP contribution in [0.4, 0.5) is 0 Å². The standard InChI is InChI=1S/C38H23BrO/c39-27-19-21-34-33(23-27)38-31(16-9-17-35(38)40-34)37-29-15-8-7-14-28(29)36(25-12-5-2-6-13-25)32-22-26(18-20-30(32)37)24-10-3-1-4-11-24/h1-23H. The number of hydrogen-bond donors (Lipinski definition) is 0. The molecule has 0 unspecified atom stereocenters. The molecule has 0 saturated heterocycles. The Hall–Kier alpha value is -4.66. The predicted molar refractivity (Wildman–Crippen MR) is 173 cm³/mol. The van der Waals surface area contributed by atoms with E-state index in [0.717, 1.165) is 26.4 Å². The normalized spacial score (nSPS) is 11.6. The van der Waals surface area contributed by atoms with E-state index in [1.807, 2.05) is 12.1 Å². The van der Waals surface area contributed by atoms with Gasteiger partial charge in [-0.3, -0.25) is 0 Å². The molecule has 8 aromatic rings. The molecule has 188 valence electrons. The third-order valence-electron chi connectivity index (χ3n) is 7.92. The first-order valence-electron chi connectivity index (χ1n) is 13.5. The third-order valence-corrected chi connectivity index (χ3v) is 8.41. The van der Waals surface area contributed by atoms with E-state index in [-0.39, 0.29) is 0 Å². The van der Waals surface area contributed by atoms with Crippen LogP contribution in [0.25, 0.3) is 76.9 Å². The van der Waals surface area contributed by atoms with Crippen molar-refractivity contribution in [3.8, 4) is 33.4 Å². The number of fused-ring (bicyclic) bond motifs is 5. The van der Waals surface area contributed by atoms with Gasteiger partial charge in [-0.25, -0.2) is 0 Å². The lowest BCUT2D eigenvalue weighted by atomic mass is 9.84. The average Bonchev–Trinajstić information content (AvgIpc) is 3.38. The number of rotatable bonds is 3. The Bertz CT molecular complexity index is 2210. The van der Waals surface area contributed by atoms with Gasteiger partial charge in [-0.1, -0.05) is 125 Å². The van der Waals surface area contributed by atoms with Crippen LogP contribution in [0, 0.1) is 0 Å². The van der Waals surface area contributed by atoms with Crippen LogP contribution in [-0.4, -0.2) is 0 Å². The number of hydrogen-bond acceptors (Lipinski definition) is 1. The van der Waals surface area contributed by atoms with Crippen molar-refractivity contribution in [2.45, 2.75) is 0 Å². The van der Waals surface area contributed by atoms with Crippen LogP contribution in [0.3, 0.4) is 0 Å². The third kappa shape index (κ3) is 3.61. The maximum absolute atomic E-state index is 6.34. The Morgan fingerprint density at radius 2 is 1.07 bits per heavy atom. The minimum atomic E-state index is 0.895. The van der Waals surface area contributed by atoms with Gasteiger partial charge in [-0.15, -0.1) is 0 Å². The van der Waals surface area contributed by atoms with Gasteiger partial charge in [0.2, 0.25) is 0 Å². The smallest absolute Gasteiger partial charge is 0.136 e. The summed E-state index contributed by atoms with van der Waals surface area (Å²) in [5.74, 6) is 0. The fraction of sp³-hybridized carbons (Fsp3) is 0. The van der Waals surface area contributed by atoms with Crippen LogP contribution in [-0.2, 0) is 0 Å². The van der Waals surface area contributed by atoms with Gasteiger partial charge in [0.15, 0.2) is 0 Å². The first kappa shape index (κ1) is 23.2. The summed E-state index contributed by atoms with van der Waals surface area (Å²) in [5, 5.41) is 7.21. The van der Waals surface area contributed by atoms with Gasteiger partial charge in [-0.05, 0) is 85.3 Å². The predicted octanol–water partition coefficient (Wildman–Crippen LogP) is 11.7. The molecule has 0 fully saturated rings. The summed E-state index contributed by atoms with van der Waals surface area (Å²) in [6.07, 6.45) is 0. The molecular formula is C38H23BrO. The Kier molecular flexibility index (Phi) is 5.36. The molecule has 0 aliphatic rings. The summed E-state index contributed by atoms with van der Waals surface area (Å²) in [6, 6.07) is 49.9. The van der Waals surface area contributed by atoms with Gasteiger partial charge >= 0.3 is 0 Å². The zero-order valence-electron chi connectivity index (χ0n) is 21.6. The maximum atomic E-state index is 6.34. The molecule has 1 aromatic heterocycles. The highest BCUT2D eigenvalue weighted by Crippen LogP contribution is 2.47. The van der Waals surface area contributed by atoms with Gasteiger partial charge in [0.25, 0.3) is 0 Å². The summed E-state index contributed by atoms with van der Waals surface area (Å²) in [6.45, 7) is 0. The molecule has 0 aliphatic carbocycles. The molecule has 0 N–H and O–H groups in total. The second-order valence-electron chi connectivity index (χ2n) is 10.2. The van der Waals surface area contributed by atoms with Crippen molar-refractivity contribution in [2.75, 3.05) is 0 Å². The van der Waals surface area contributed by atoms with Crippen molar-refractivity contribution < 1.29 is 4.42 Å². The highest BCUT2D eigenvalue weighted by molar-refractivity contribution is 9.10. The number of furan rings is 1. The van der Waals surface area contributed by atoms with Crippen LogP contribution in [0.15, 0.2) is 148 Å². The van der Waals surface area contributed by atoms with Crippen molar-refractivity contribution in [2.24, 2.45) is 0 Å². The van der Waals surface area contributed by atoms with Gasteiger partial charge in [0.05, 0.1) is 0 Å². The van der Waals surface area contributed by atoms with Crippen LogP contribution in [0.1, 0.15) is 0 Å². The molecule has 0 aliphatic heterocycles. The lowest BCUT2D eigenvalue weighted by Crippen LogP contribution is -1.92. The lowest BCUT2D eigenvalue weighted by Gasteiger charge is -2.19. The molecule has 1 heterocycles. The van der Waals surface area contributed by atoms with E-state index >= 15 is 0 Å². The van der Waals surface area contributed by atoms with E-state index in [4.69, 9.17) is 4.42 Å². The number of benzene rings is 7. The molecule has 7 aromatic carbocycles. The highest BCUT2D eigenvalue weighted by Gasteiger charge is 2.20. The number of halogens is 1.